The maximum Gasteiger partial charge on any atom is 0.308 e. The molecular weight excluding hydrogens is 300 g/mol. The Morgan fingerprint density at radius 2 is 2.09 bits per heavy atom. The molecule has 23 heavy (non-hydrogen) atoms. The largest absolute Gasteiger partial charge is 0.497 e. The van der Waals surface area contributed by atoms with Crippen molar-refractivity contribution in [3.63, 3.8) is 0 Å². The van der Waals surface area contributed by atoms with Gasteiger partial charge in [0.25, 0.3) is 5.91 Å². The number of carbonyl (C=O) groups is 3. The van der Waals surface area contributed by atoms with Gasteiger partial charge in [0.2, 0.25) is 5.91 Å². The molecule has 1 saturated carbocycles. The number of ether oxygens (including phenoxy) is 1. The molecule has 0 spiro atoms. The highest BCUT2D eigenvalue weighted by atomic mass is 16.5. The average molecular weight is 320 g/mol. The fraction of sp³-hybridized carbons (Fsp3) is 0.438. The minimum Gasteiger partial charge on any atom is -0.497 e. The van der Waals surface area contributed by atoms with E-state index in [0.717, 1.165) is 6.42 Å². The lowest BCUT2D eigenvalue weighted by Crippen LogP contribution is -2.44. The van der Waals surface area contributed by atoms with E-state index in [-0.39, 0.29) is 24.4 Å². The van der Waals surface area contributed by atoms with E-state index in [1.165, 1.54) is 7.11 Å². The maximum atomic E-state index is 12.0. The first-order valence-corrected chi connectivity index (χ1v) is 7.45. The molecule has 2 amide bonds. The van der Waals surface area contributed by atoms with Crippen LogP contribution in [0.1, 0.15) is 29.6 Å². The third-order valence-electron chi connectivity index (χ3n) is 3.92. The van der Waals surface area contributed by atoms with Crippen molar-refractivity contribution in [3.05, 3.63) is 29.8 Å². The van der Waals surface area contributed by atoms with Gasteiger partial charge in [-0.3, -0.25) is 14.4 Å². The van der Waals surface area contributed by atoms with Crippen molar-refractivity contribution in [2.45, 2.75) is 25.3 Å². The van der Waals surface area contributed by atoms with Crippen molar-refractivity contribution in [2.75, 3.05) is 13.7 Å². The molecule has 1 fully saturated rings. The molecule has 0 saturated heterocycles. The number of hydrogen-bond acceptors (Lipinski definition) is 4. The second kappa shape index (κ2) is 7.62. The number of carboxylic acids is 1. The zero-order valence-corrected chi connectivity index (χ0v) is 12.9. The van der Waals surface area contributed by atoms with Crippen LogP contribution in [-0.4, -0.2) is 42.6 Å². The highest BCUT2D eigenvalue weighted by Gasteiger charge is 2.33. The van der Waals surface area contributed by atoms with Crippen LogP contribution in [0.2, 0.25) is 0 Å². The summed E-state index contributed by atoms with van der Waals surface area (Å²) >= 11 is 0. The number of carbonyl (C=O) groups excluding carboxylic acids is 2. The van der Waals surface area contributed by atoms with Gasteiger partial charge in [0.1, 0.15) is 5.75 Å². The van der Waals surface area contributed by atoms with Crippen molar-refractivity contribution < 1.29 is 24.2 Å². The van der Waals surface area contributed by atoms with E-state index in [2.05, 4.69) is 10.6 Å². The minimum atomic E-state index is -0.895. The molecule has 1 aliphatic rings. The third kappa shape index (κ3) is 4.45. The molecule has 3 N–H and O–H groups in total. The third-order valence-corrected chi connectivity index (χ3v) is 3.92. The predicted molar refractivity (Wildman–Crippen MR) is 82.2 cm³/mol. The molecule has 2 atom stereocenters. The molecule has 1 aliphatic carbocycles. The van der Waals surface area contributed by atoms with Gasteiger partial charge < -0.3 is 20.5 Å². The first kappa shape index (κ1) is 16.8. The molecule has 124 valence electrons. The summed E-state index contributed by atoms with van der Waals surface area (Å²) < 4.78 is 5.04. The van der Waals surface area contributed by atoms with Gasteiger partial charge in [-0.2, -0.15) is 0 Å². The summed E-state index contributed by atoms with van der Waals surface area (Å²) in [5, 5.41) is 14.3. The Morgan fingerprint density at radius 1 is 1.30 bits per heavy atom. The van der Waals surface area contributed by atoms with Crippen molar-refractivity contribution in [1.82, 2.24) is 10.6 Å². The van der Waals surface area contributed by atoms with Crippen molar-refractivity contribution in [2.24, 2.45) is 5.92 Å². The Bertz CT molecular complexity index is 602. The molecule has 0 aliphatic heterocycles. The Kier molecular flexibility index (Phi) is 5.56. The molecular formula is C16H20N2O5. The summed E-state index contributed by atoms with van der Waals surface area (Å²) in [6, 6.07) is 6.23. The molecule has 0 radical (unpaired) electrons. The van der Waals surface area contributed by atoms with Crippen molar-refractivity contribution >= 4 is 17.8 Å². The molecule has 0 unspecified atom stereocenters. The SMILES string of the molecule is COc1cccc(C(=O)NCC(=O)N[C@@H]2CCC[C@@H]2C(=O)O)c1. The molecule has 2 rings (SSSR count). The summed E-state index contributed by atoms with van der Waals surface area (Å²) in [5.74, 6) is -1.67. The van der Waals surface area contributed by atoms with Gasteiger partial charge in [0.15, 0.2) is 0 Å². The number of carboxylic acid groups (broad SMARTS) is 1. The highest BCUT2D eigenvalue weighted by molar-refractivity contribution is 5.96. The van der Waals surface area contributed by atoms with E-state index in [4.69, 9.17) is 9.84 Å². The molecule has 7 nitrogen and oxygen atoms in total. The van der Waals surface area contributed by atoms with E-state index < -0.39 is 11.9 Å². The second-order valence-corrected chi connectivity index (χ2v) is 5.46. The second-order valence-electron chi connectivity index (χ2n) is 5.46. The van der Waals surface area contributed by atoms with Gasteiger partial charge in [-0.1, -0.05) is 12.5 Å². The molecule has 1 aromatic rings. The van der Waals surface area contributed by atoms with Gasteiger partial charge in [0, 0.05) is 11.6 Å². The highest BCUT2D eigenvalue weighted by Crippen LogP contribution is 2.25. The zero-order chi connectivity index (χ0) is 16.8. The van der Waals surface area contributed by atoms with Gasteiger partial charge in [0.05, 0.1) is 19.6 Å². The number of hydrogen-bond donors (Lipinski definition) is 3. The smallest absolute Gasteiger partial charge is 0.308 e. The van der Waals surface area contributed by atoms with Gasteiger partial charge in [-0.15, -0.1) is 0 Å². The van der Waals surface area contributed by atoms with Gasteiger partial charge in [-0.05, 0) is 31.0 Å². The first-order valence-electron chi connectivity index (χ1n) is 7.45. The number of rotatable bonds is 6. The van der Waals surface area contributed by atoms with E-state index in [1.54, 1.807) is 24.3 Å². The lowest BCUT2D eigenvalue weighted by Gasteiger charge is -2.17. The lowest BCUT2D eigenvalue weighted by molar-refractivity contribution is -0.142. The molecule has 1 aromatic carbocycles. The van der Waals surface area contributed by atoms with Crippen molar-refractivity contribution in [1.29, 1.82) is 0 Å². The fourth-order valence-electron chi connectivity index (χ4n) is 2.71. The Labute approximate surface area is 134 Å². The van der Waals surface area contributed by atoms with Crippen molar-refractivity contribution in [3.8, 4) is 5.75 Å². The van der Waals surface area contributed by atoms with E-state index in [9.17, 15) is 14.4 Å². The Hall–Kier alpha value is -2.57. The van der Waals surface area contributed by atoms with Crippen LogP contribution in [0.3, 0.4) is 0 Å². The van der Waals surface area contributed by atoms with E-state index >= 15 is 0 Å². The van der Waals surface area contributed by atoms with Crippen LogP contribution in [0.15, 0.2) is 24.3 Å². The number of amides is 2. The van der Waals surface area contributed by atoms with Gasteiger partial charge in [-0.25, -0.2) is 0 Å². The summed E-state index contributed by atoms with van der Waals surface area (Å²) in [5.41, 5.74) is 0.390. The Balaban J connectivity index is 1.84. The summed E-state index contributed by atoms with van der Waals surface area (Å²) in [6.07, 6.45) is 1.99. The van der Waals surface area contributed by atoms with Crippen LogP contribution < -0.4 is 15.4 Å². The first-order chi connectivity index (χ1) is 11.0. The fourth-order valence-corrected chi connectivity index (χ4v) is 2.71. The van der Waals surface area contributed by atoms with Crippen LogP contribution in [-0.2, 0) is 9.59 Å². The van der Waals surface area contributed by atoms with Crippen LogP contribution in [0.4, 0.5) is 0 Å². The maximum absolute atomic E-state index is 12.0. The lowest BCUT2D eigenvalue weighted by atomic mass is 10.0. The van der Waals surface area contributed by atoms with Crippen LogP contribution in [0.25, 0.3) is 0 Å². The topological polar surface area (TPSA) is 105 Å². The molecule has 0 aromatic heterocycles. The van der Waals surface area contributed by atoms with Crippen LogP contribution in [0.5, 0.6) is 5.75 Å². The average Bonchev–Trinajstić information content (AvgIpc) is 3.01. The predicted octanol–water partition coefficient (Wildman–Crippen LogP) is 0.794. The zero-order valence-electron chi connectivity index (χ0n) is 12.9. The number of methoxy groups -OCH3 is 1. The minimum absolute atomic E-state index is 0.196. The van der Waals surface area contributed by atoms with Crippen LogP contribution in [0, 0.1) is 5.92 Å². The summed E-state index contributed by atoms with van der Waals surface area (Å²) in [4.78, 5) is 34.9. The number of benzene rings is 1. The van der Waals surface area contributed by atoms with Gasteiger partial charge >= 0.3 is 5.97 Å². The van der Waals surface area contributed by atoms with E-state index in [0.29, 0.717) is 24.2 Å². The molecule has 7 heteroatoms. The Morgan fingerprint density at radius 3 is 2.78 bits per heavy atom. The van der Waals surface area contributed by atoms with E-state index in [1.807, 2.05) is 0 Å². The normalized spacial score (nSPS) is 19.9. The quantitative estimate of drug-likeness (QED) is 0.719. The molecule has 0 heterocycles. The standard InChI is InChI=1S/C16H20N2O5/c1-23-11-5-2-4-10(8-11)15(20)17-9-14(19)18-13-7-3-6-12(13)16(21)22/h2,4-5,8,12-13H,3,6-7,9H2,1H3,(H,17,20)(H,18,19)(H,21,22)/t12-,13+/m0/s1. The van der Waals surface area contributed by atoms with Crippen LogP contribution >= 0.6 is 0 Å². The summed E-state index contributed by atoms with van der Waals surface area (Å²) in [6.45, 7) is -0.196. The number of nitrogens with one attached hydrogen (secondary N) is 2. The molecule has 0 bridgehead atoms. The number of aliphatic carboxylic acids is 1. The summed E-state index contributed by atoms with van der Waals surface area (Å²) in [7, 11) is 1.50. The monoisotopic (exact) mass is 320 g/mol.